The molecule has 0 unspecified atom stereocenters. The number of benzene rings is 2. The normalized spacial score (nSPS) is 14.6. The van der Waals surface area contributed by atoms with Crippen molar-refractivity contribution in [1.29, 1.82) is 0 Å². The van der Waals surface area contributed by atoms with Gasteiger partial charge in [-0.3, -0.25) is 0 Å². The molecule has 2 heteroatoms. The third-order valence-electron chi connectivity index (χ3n) is 4.33. The van der Waals surface area contributed by atoms with E-state index in [0.717, 1.165) is 13.1 Å². The molecule has 0 saturated carbocycles. The lowest BCUT2D eigenvalue weighted by Crippen LogP contribution is -2.21. The molecule has 110 valence electrons. The fourth-order valence-corrected chi connectivity index (χ4v) is 3.07. The largest absolute Gasteiger partial charge is 0.371 e. The van der Waals surface area contributed by atoms with Gasteiger partial charge in [0.15, 0.2) is 0 Å². The van der Waals surface area contributed by atoms with Crippen molar-refractivity contribution in [2.45, 2.75) is 32.9 Å². The summed E-state index contributed by atoms with van der Waals surface area (Å²) in [6.45, 7) is 6.45. The molecule has 2 nitrogen and oxygen atoms in total. The van der Waals surface area contributed by atoms with Crippen molar-refractivity contribution in [3.05, 3.63) is 65.2 Å². The maximum absolute atomic E-state index is 3.60. The average molecular weight is 280 g/mol. The van der Waals surface area contributed by atoms with Crippen LogP contribution in [0.1, 0.15) is 29.5 Å². The minimum atomic E-state index is 0.932. The van der Waals surface area contributed by atoms with Crippen LogP contribution in [0.3, 0.4) is 0 Å². The standard InChI is InChI=1S/C19H24N2/c1-16-8-2-3-9-17(16)14-20-15-18-10-4-5-11-19(18)21-12-6-7-13-21/h2-5,8-11,20H,6-7,12-15H2,1H3. The number of para-hydroxylation sites is 1. The Hall–Kier alpha value is -1.80. The molecule has 1 N–H and O–H groups in total. The van der Waals surface area contributed by atoms with Crippen molar-refractivity contribution in [2.75, 3.05) is 18.0 Å². The number of anilines is 1. The van der Waals surface area contributed by atoms with Gasteiger partial charge in [-0.05, 0) is 42.5 Å². The Labute approximate surface area is 127 Å². The summed E-state index contributed by atoms with van der Waals surface area (Å²) in [6.07, 6.45) is 2.65. The number of nitrogens with one attached hydrogen (secondary N) is 1. The molecule has 0 spiro atoms. The lowest BCUT2D eigenvalue weighted by molar-refractivity contribution is 0.688. The van der Waals surface area contributed by atoms with Crippen LogP contribution in [0.15, 0.2) is 48.5 Å². The molecule has 2 aromatic carbocycles. The van der Waals surface area contributed by atoms with Gasteiger partial charge in [-0.1, -0.05) is 42.5 Å². The van der Waals surface area contributed by atoms with E-state index in [9.17, 15) is 0 Å². The van der Waals surface area contributed by atoms with E-state index in [0.29, 0.717) is 0 Å². The van der Waals surface area contributed by atoms with Gasteiger partial charge in [0.25, 0.3) is 0 Å². The first-order chi connectivity index (χ1) is 10.3. The average Bonchev–Trinajstić information content (AvgIpc) is 3.04. The molecule has 1 heterocycles. The van der Waals surface area contributed by atoms with E-state index in [-0.39, 0.29) is 0 Å². The molecular formula is C19H24N2. The highest BCUT2D eigenvalue weighted by Crippen LogP contribution is 2.24. The van der Waals surface area contributed by atoms with Crippen LogP contribution in [-0.4, -0.2) is 13.1 Å². The quantitative estimate of drug-likeness (QED) is 0.894. The number of hydrogen-bond acceptors (Lipinski definition) is 2. The van der Waals surface area contributed by atoms with Crippen LogP contribution in [0.2, 0.25) is 0 Å². The molecule has 0 radical (unpaired) electrons. The second-order valence-corrected chi connectivity index (χ2v) is 5.85. The number of rotatable bonds is 5. The lowest BCUT2D eigenvalue weighted by Gasteiger charge is -2.21. The molecule has 2 aromatic rings. The van der Waals surface area contributed by atoms with Gasteiger partial charge >= 0.3 is 0 Å². The predicted molar refractivity (Wildman–Crippen MR) is 89.6 cm³/mol. The highest BCUT2D eigenvalue weighted by Gasteiger charge is 2.14. The van der Waals surface area contributed by atoms with Gasteiger partial charge in [-0.15, -0.1) is 0 Å². The molecule has 0 amide bonds. The minimum Gasteiger partial charge on any atom is -0.371 e. The summed E-state index contributed by atoms with van der Waals surface area (Å²) >= 11 is 0. The first-order valence-electron chi connectivity index (χ1n) is 7.92. The summed E-state index contributed by atoms with van der Waals surface area (Å²) in [4.78, 5) is 2.52. The summed E-state index contributed by atoms with van der Waals surface area (Å²) in [5.74, 6) is 0. The van der Waals surface area contributed by atoms with Gasteiger partial charge < -0.3 is 10.2 Å². The van der Waals surface area contributed by atoms with Crippen LogP contribution < -0.4 is 10.2 Å². The van der Waals surface area contributed by atoms with Gasteiger partial charge in [0, 0.05) is 31.9 Å². The summed E-state index contributed by atoms with van der Waals surface area (Å²) in [5.41, 5.74) is 5.56. The molecule has 0 bridgehead atoms. The summed E-state index contributed by atoms with van der Waals surface area (Å²) in [5, 5.41) is 3.60. The zero-order valence-electron chi connectivity index (χ0n) is 12.8. The SMILES string of the molecule is Cc1ccccc1CNCc1ccccc1N1CCCC1. The van der Waals surface area contributed by atoms with Gasteiger partial charge in [0.05, 0.1) is 0 Å². The minimum absolute atomic E-state index is 0.932. The Balaban J connectivity index is 1.64. The Kier molecular flexibility index (Phi) is 4.56. The maximum Gasteiger partial charge on any atom is 0.0411 e. The molecule has 1 aliphatic rings. The second kappa shape index (κ2) is 6.77. The van der Waals surface area contributed by atoms with Gasteiger partial charge in [0.2, 0.25) is 0 Å². The van der Waals surface area contributed by atoms with Crippen LogP contribution in [0.4, 0.5) is 5.69 Å². The molecule has 0 aliphatic carbocycles. The first-order valence-corrected chi connectivity index (χ1v) is 7.92. The molecule has 0 atom stereocenters. The summed E-state index contributed by atoms with van der Waals surface area (Å²) < 4.78 is 0. The van der Waals surface area contributed by atoms with Crippen molar-refractivity contribution in [1.82, 2.24) is 5.32 Å². The molecule has 1 aliphatic heterocycles. The Morgan fingerprint density at radius 2 is 1.48 bits per heavy atom. The molecule has 0 aromatic heterocycles. The zero-order chi connectivity index (χ0) is 14.5. The third kappa shape index (κ3) is 3.45. The van der Waals surface area contributed by atoms with Crippen molar-refractivity contribution < 1.29 is 0 Å². The predicted octanol–water partition coefficient (Wildman–Crippen LogP) is 3.89. The Morgan fingerprint density at radius 3 is 2.24 bits per heavy atom. The van der Waals surface area contributed by atoms with Crippen LogP contribution in [0.25, 0.3) is 0 Å². The molecule has 1 saturated heterocycles. The van der Waals surface area contributed by atoms with Crippen LogP contribution in [0, 0.1) is 6.92 Å². The number of aryl methyl sites for hydroxylation is 1. The molecule has 3 rings (SSSR count). The number of nitrogens with zero attached hydrogens (tertiary/aromatic N) is 1. The van der Waals surface area contributed by atoms with Gasteiger partial charge in [-0.25, -0.2) is 0 Å². The first kappa shape index (κ1) is 14.2. The number of hydrogen-bond donors (Lipinski definition) is 1. The topological polar surface area (TPSA) is 15.3 Å². The molecule has 21 heavy (non-hydrogen) atoms. The summed E-state index contributed by atoms with van der Waals surface area (Å²) in [7, 11) is 0. The van der Waals surface area contributed by atoms with E-state index in [2.05, 4.69) is 65.7 Å². The fourth-order valence-electron chi connectivity index (χ4n) is 3.07. The van der Waals surface area contributed by atoms with Gasteiger partial charge in [-0.2, -0.15) is 0 Å². The highest BCUT2D eigenvalue weighted by molar-refractivity contribution is 5.54. The van der Waals surface area contributed by atoms with Crippen molar-refractivity contribution >= 4 is 5.69 Å². The van der Waals surface area contributed by atoms with Crippen molar-refractivity contribution in [2.24, 2.45) is 0 Å². The lowest BCUT2D eigenvalue weighted by atomic mass is 10.1. The highest BCUT2D eigenvalue weighted by atomic mass is 15.1. The van der Waals surface area contributed by atoms with Crippen LogP contribution in [0.5, 0.6) is 0 Å². The Bertz CT molecular complexity index is 586. The van der Waals surface area contributed by atoms with E-state index < -0.39 is 0 Å². The second-order valence-electron chi connectivity index (χ2n) is 5.85. The maximum atomic E-state index is 3.60. The van der Waals surface area contributed by atoms with E-state index in [1.165, 1.54) is 48.3 Å². The zero-order valence-corrected chi connectivity index (χ0v) is 12.8. The Morgan fingerprint density at radius 1 is 0.857 bits per heavy atom. The molecule has 1 fully saturated rings. The third-order valence-corrected chi connectivity index (χ3v) is 4.33. The van der Waals surface area contributed by atoms with E-state index >= 15 is 0 Å². The molecular weight excluding hydrogens is 256 g/mol. The van der Waals surface area contributed by atoms with E-state index in [1.807, 2.05) is 0 Å². The fraction of sp³-hybridized carbons (Fsp3) is 0.368. The van der Waals surface area contributed by atoms with E-state index in [1.54, 1.807) is 0 Å². The smallest absolute Gasteiger partial charge is 0.0411 e. The van der Waals surface area contributed by atoms with Crippen molar-refractivity contribution in [3.63, 3.8) is 0 Å². The van der Waals surface area contributed by atoms with Crippen LogP contribution in [-0.2, 0) is 13.1 Å². The monoisotopic (exact) mass is 280 g/mol. The van der Waals surface area contributed by atoms with Crippen molar-refractivity contribution in [3.8, 4) is 0 Å². The van der Waals surface area contributed by atoms with Crippen LogP contribution >= 0.6 is 0 Å². The summed E-state index contributed by atoms with van der Waals surface area (Å²) in [6, 6.07) is 17.4. The van der Waals surface area contributed by atoms with E-state index in [4.69, 9.17) is 0 Å². The van der Waals surface area contributed by atoms with Gasteiger partial charge in [0.1, 0.15) is 0 Å².